The molecule has 0 atom stereocenters. The summed E-state index contributed by atoms with van der Waals surface area (Å²) in [5, 5.41) is 25.0. The van der Waals surface area contributed by atoms with E-state index in [-0.39, 0.29) is 5.91 Å². The van der Waals surface area contributed by atoms with E-state index in [0.717, 1.165) is 22.3 Å². The molecule has 0 spiro atoms. The number of carbonyl (C=O) groups is 1. The Morgan fingerprint density at radius 3 is 2.60 bits per heavy atom. The minimum atomic E-state index is -0.574. The van der Waals surface area contributed by atoms with Gasteiger partial charge in [0, 0.05) is 24.3 Å². The third kappa shape index (κ3) is 3.89. The van der Waals surface area contributed by atoms with Crippen LogP contribution in [0.3, 0.4) is 0 Å². The van der Waals surface area contributed by atoms with Gasteiger partial charge in [-0.2, -0.15) is 9.78 Å². The number of carbonyl (C=O) groups excluding carboxylic acids is 1. The number of likely N-dealkylation sites (tertiary alicyclic amines) is 1. The number of benzene rings is 2. The molecule has 2 aromatic heterocycles. The van der Waals surface area contributed by atoms with Crippen LogP contribution in [0.25, 0.3) is 16.7 Å². The first kappa shape index (κ1) is 22.2. The van der Waals surface area contributed by atoms with E-state index in [4.69, 9.17) is 0 Å². The number of tetrazole rings is 1. The molecular weight excluding hydrogens is 440 g/mol. The summed E-state index contributed by atoms with van der Waals surface area (Å²) in [6.45, 7) is 6.81. The van der Waals surface area contributed by atoms with Crippen molar-refractivity contribution in [3.8, 4) is 6.07 Å². The van der Waals surface area contributed by atoms with Gasteiger partial charge in [0.2, 0.25) is 5.65 Å². The Hall–Kier alpha value is -4.58. The van der Waals surface area contributed by atoms with Gasteiger partial charge < -0.3 is 10.2 Å². The van der Waals surface area contributed by atoms with Gasteiger partial charge in [-0.3, -0.25) is 4.79 Å². The Bertz CT molecular complexity index is 1490. The van der Waals surface area contributed by atoms with Crippen LogP contribution in [0.1, 0.15) is 30.1 Å². The number of piperidine rings is 1. The molecule has 1 fully saturated rings. The van der Waals surface area contributed by atoms with Crippen molar-refractivity contribution in [3.63, 3.8) is 0 Å². The summed E-state index contributed by atoms with van der Waals surface area (Å²) < 4.78 is 1.64. The number of para-hydroxylation sites is 2. The van der Waals surface area contributed by atoms with E-state index >= 15 is 0 Å². The lowest BCUT2D eigenvalue weighted by atomic mass is 9.73. The number of hydrogen-bond acceptors (Lipinski definition) is 7. The maximum atomic E-state index is 13.1. The summed E-state index contributed by atoms with van der Waals surface area (Å²) in [5.41, 5.74) is 3.81. The summed E-state index contributed by atoms with van der Waals surface area (Å²) >= 11 is 0. The topological polar surface area (TPSA) is 112 Å². The molecule has 0 unspecified atom stereocenters. The Morgan fingerprint density at radius 1 is 1.17 bits per heavy atom. The van der Waals surface area contributed by atoms with Crippen molar-refractivity contribution < 1.29 is 4.79 Å². The smallest absolute Gasteiger partial charge is 0.253 e. The second-order valence-corrected chi connectivity index (χ2v) is 8.50. The molecule has 4 aromatic rings. The van der Waals surface area contributed by atoms with Gasteiger partial charge in [0.25, 0.3) is 5.91 Å². The second kappa shape index (κ2) is 8.99. The van der Waals surface area contributed by atoms with Crippen LogP contribution in [-0.4, -0.2) is 48.9 Å². The van der Waals surface area contributed by atoms with Gasteiger partial charge in [0.15, 0.2) is 5.82 Å². The highest BCUT2D eigenvalue weighted by Gasteiger charge is 2.38. The molecule has 9 nitrogen and oxygen atoms in total. The number of allylic oxidation sites excluding steroid dienone is 3. The van der Waals surface area contributed by atoms with Gasteiger partial charge in [-0.25, -0.2) is 4.98 Å². The summed E-state index contributed by atoms with van der Waals surface area (Å²) in [6.07, 6.45) is 4.88. The molecular formula is C26H24N8O. The van der Waals surface area contributed by atoms with E-state index in [2.05, 4.69) is 38.5 Å². The zero-order valence-electron chi connectivity index (χ0n) is 19.3. The van der Waals surface area contributed by atoms with E-state index in [1.165, 1.54) is 0 Å². The molecule has 5 rings (SSSR count). The maximum absolute atomic E-state index is 13.1. The maximum Gasteiger partial charge on any atom is 0.253 e. The van der Waals surface area contributed by atoms with Crippen LogP contribution >= 0.6 is 0 Å². The summed E-state index contributed by atoms with van der Waals surface area (Å²) in [4.78, 5) is 19.6. The molecule has 1 aliphatic rings. The van der Waals surface area contributed by atoms with Gasteiger partial charge in [-0.1, -0.05) is 30.9 Å². The first-order valence-electron chi connectivity index (χ1n) is 11.4. The fourth-order valence-corrected chi connectivity index (χ4v) is 4.65. The lowest BCUT2D eigenvalue weighted by Crippen LogP contribution is -2.43. The zero-order valence-corrected chi connectivity index (χ0v) is 19.3. The van der Waals surface area contributed by atoms with Crippen molar-refractivity contribution in [2.24, 2.45) is 5.41 Å². The van der Waals surface area contributed by atoms with E-state index in [9.17, 15) is 10.1 Å². The van der Waals surface area contributed by atoms with Crippen LogP contribution < -0.4 is 5.32 Å². The van der Waals surface area contributed by atoms with E-state index in [0.29, 0.717) is 43.0 Å². The molecule has 174 valence electrons. The first-order chi connectivity index (χ1) is 17.1. The van der Waals surface area contributed by atoms with Crippen LogP contribution in [0.4, 0.5) is 11.5 Å². The van der Waals surface area contributed by atoms with Gasteiger partial charge >= 0.3 is 0 Å². The van der Waals surface area contributed by atoms with Crippen molar-refractivity contribution in [2.75, 3.05) is 18.4 Å². The van der Waals surface area contributed by atoms with Gasteiger partial charge in [-0.05, 0) is 72.2 Å². The average Bonchev–Trinajstić information content (AvgIpc) is 3.41. The third-order valence-electron chi connectivity index (χ3n) is 6.62. The van der Waals surface area contributed by atoms with Crippen LogP contribution in [0.2, 0.25) is 0 Å². The zero-order chi connectivity index (χ0) is 24.4. The number of amides is 1. The minimum Gasteiger partial charge on any atom is -0.339 e. The summed E-state index contributed by atoms with van der Waals surface area (Å²) in [7, 11) is 0. The molecule has 0 saturated carbocycles. The number of hydrogen-bond donors (Lipinski definition) is 1. The molecule has 1 aliphatic heterocycles. The van der Waals surface area contributed by atoms with Crippen molar-refractivity contribution in [2.45, 2.75) is 19.8 Å². The van der Waals surface area contributed by atoms with Crippen LogP contribution in [0.5, 0.6) is 0 Å². The molecule has 3 heterocycles. The number of nitrogens with zero attached hydrogens (tertiary/aromatic N) is 7. The van der Waals surface area contributed by atoms with Crippen molar-refractivity contribution in [3.05, 3.63) is 78.4 Å². The number of nitriles is 1. The molecule has 2 aromatic carbocycles. The van der Waals surface area contributed by atoms with Crippen LogP contribution in [0.15, 0.2) is 72.8 Å². The SMILES string of the molecule is C=C/C(=C\C)C1(C#N)CCN(C(=O)c2ccc(Nc3nc4ccccc4n4nnnc34)cc2)CC1. The van der Waals surface area contributed by atoms with E-state index < -0.39 is 5.41 Å². The lowest BCUT2D eigenvalue weighted by Gasteiger charge is -2.38. The largest absolute Gasteiger partial charge is 0.339 e. The predicted octanol–water partition coefficient (Wildman–Crippen LogP) is 4.29. The number of nitrogens with one attached hydrogen (secondary N) is 1. The average molecular weight is 465 g/mol. The normalized spacial score (nSPS) is 15.7. The Kier molecular flexibility index (Phi) is 5.71. The molecule has 0 radical (unpaired) electrons. The van der Waals surface area contributed by atoms with Crippen molar-refractivity contribution in [1.29, 1.82) is 5.26 Å². The molecule has 1 N–H and O–H groups in total. The number of aromatic nitrogens is 5. The standard InChI is InChI=1S/C26H24N8O/c1-3-19(4-2)26(17-27)13-15-33(16-14-26)25(35)18-9-11-20(12-10-18)28-23-24-30-31-32-34(24)22-8-6-5-7-21(22)29-23/h3-12H,1,13-16H2,2H3,(H,28,29)/b19-4+. The monoisotopic (exact) mass is 464 g/mol. The molecule has 0 aliphatic carbocycles. The highest BCUT2D eigenvalue weighted by atomic mass is 16.2. The Balaban J connectivity index is 1.32. The number of rotatable bonds is 5. The summed E-state index contributed by atoms with van der Waals surface area (Å²) in [6, 6.07) is 17.4. The van der Waals surface area contributed by atoms with E-state index in [1.54, 1.807) is 22.7 Å². The fourth-order valence-electron chi connectivity index (χ4n) is 4.65. The third-order valence-corrected chi connectivity index (χ3v) is 6.62. The second-order valence-electron chi connectivity index (χ2n) is 8.50. The summed E-state index contributed by atoms with van der Waals surface area (Å²) in [5.74, 6) is 0.482. The fraction of sp³-hybridized carbons (Fsp3) is 0.231. The molecule has 35 heavy (non-hydrogen) atoms. The van der Waals surface area contributed by atoms with Crippen molar-refractivity contribution >= 4 is 34.1 Å². The molecule has 1 saturated heterocycles. The van der Waals surface area contributed by atoms with Crippen LogP contribution in [0, 0.1) is 16.7 Å². The Morgan fingerprint density at radius 2 is 1.91 bits per heavy atom. The lowest BCUT2D eigenvalue weighted by molar-refractivity contribution is 0.0674. The Labute approximate surface area is 202 Å². The predicted molar refractivity (Wildman–Crippen MR) is 133 cm³/mol. The number of anilines is 2. The van der Waals surface area contributed by atoms with Gasteiger partial charge in [0.05, 0.1) is 22.5 Å². The van der Waals surface area contributed by atoms with Crippen LogP contribution in [-0.2, 0) is 0 Å². The first-order valence-corrected chi connectivity index (χ1v) is 11.4. The van der Waals surface area contributed by atoms with Gasteiger partial charge in [-0.15, -0.1) is 5.10 Å². The van der Waals surface area contributed by atoms with Crippen molar-refractivity contribution in [1.82, 2.24) is 29.9 Å². The molecule has 0 bridgehead atoms. The molecule has 9 heteroatoms. The minimum absolute atomic E-state index is 0.0448. The van der Waals surface area contributed by atoms with E-state index in [1.807, 2.05) is 54.3 Å². The van der Waals surface area contributed by atoms with Gasteiger partial charge in [0.1, 0.15) is 0 Å². The highest BCUT2D eigenvalue weighted by Crippen LogP contribution is 2.39. The highest BCUT2D eigenvalue weighted by molar-refractivity contribution is 5.95. The quantitative estimate of drug-likeness (QED) is 0.438. The number of fused-ring (bicyclic) bond motifs is 3. The molecule has 1 amide bonds.